The Hall–Kier alpha value is -2.54. The predicted octanol–water partition coefficient (Wildman–Crippen LogP) is 3.70. The summed E-state index contributed by atoms with van der Waals surface area (Å²) >= 11 is 0. The molecule has 0 saturated carbocycles. The number of halogens is 2. The van der Waals surface area contributed by atoms with Crippen LogP contribution in [-0.2, 0) is 11.3 Å². The van der Waals surface area contributed by atoms with Crippen molar-refractivity contribution in [3.63, 3.8) is 0 Å². The molecule has 2 aliphatic heterocycles. The number of ether oxygens (including phenoxy) is 1. The monoisotopic (exact) mass is 415 g/mol. The highest BCUT2D eigenvalue weighted by Gasteiger charge is 2.35. The predicted molar refractivity (Wildman–Crippen MR) is 109 cm³/mol. The van der Waals surface area contributed by atoms with Crippen LogP contribution >= 0.6 is 0 Å². The lowest BCUT2D eigenvalue weighted by molar-refractivity contribution is -0.141. The summed E-state index contributed by atoms with van der Waals surface area (Å²) in [5, 5.41) is 0. The van der Waals surface area contributed by atoms with Gasteiger partial charge < -0.3 is 9.64 Å². The van der Waals surface area contributed by atoms with E-state index in [4.69, 9.17) is 4.74 Å². The molecule has 0 aliphatic carbocycles. The highest BCUT2D eigenvalue weighted by Crippen LogP contribution is 2.25. The smallest absolute Gasteiger partial charge is 0.240 e. The molecule has 2 saturated heterocycles. The van der Waals surface area contributed by atoms with Gasteiger partial charge >= 0.3 is 0 Å². The minimum Gasteiger partial charge on any atom is -0.474 e. The van der Waals surface area contributed by atoms with Gasteiger partial charge in [-0.2, -0.15) is 0 Å². The van der Waals surface area contributed by atoms with Crippen LogP contribution in [0.3, 0.4) is 0 Å². The van der Waals surface area contributed by atoms with Gasteiger partial charge in [0, 0.05) is 50.1 Å². The molecule has 0 spiro atoms. The molecule has 1 aromatic heterocycles. The Morgan fingerprint density at radius 1 is 1.10 bits per heavy atom. The van der Waals surface area contributed by atoms with Crippen molar-refractivity contribution in [1.29, 1.82) is 0 Å². The van der Waals surface area contributed by atoms with Crippen LogP contribution in [0.2, 0.25) is 0 Å². The Labute approximate surface area is 175 Å². The van der Waals surface area contributed by atoms with Crippen LogP contribution in [0, 0.1) is 18.6 Å². The van der Waals surface area contributed by atoms with Crippen LogP contribution in [0.25, 0.3) is 0 Å². The standard InChI is InChI=1S/C23H27F2N3O2/c1-16-6-9-26-22(13-16)30-19-7-11-27(12-8-19)21-3-2-10-28(23(21)29)15-17-4-5-18(24)14-20(17)25/h4-6,9,13-14,19,21H,2-3,7-8,10-12,15H2,1H3. The molecular weight excluding hydrogens is 388 g/mol. The van der Waals surface area contributed by atoms with Crippen LogP contribution < -0.4 is 4.74 Å². The summed E-state index contributed by atoms with van der Waals surface area (Å²) in [5.41, 5.74) is 1.46. The Balaban J connectivity index is 1.33. The topological polar surface area (TPSA) is 45.7 Å². The molecule has 4 rings (SSSR count). The molecule has 1 atom stereocenters. The van der Waals surface area contributed by atoms with Gasteiger partial charge in [0.15, 0.2) is 0 Å². The summed E-state index contributed by atoms with van der Waals surface area (Å²) in [5.74, 6) is -0.530. The maximum atomic E-state index is 14.0. The highest BCUT2D eigenvalue weighted by molar-refractivity contribution is 5.82. The molecule has 160 valence electrons. The number of nitrogens with zero attached hydrogens (tertiary/aromatic N) is 3. The van der Waals surface area contributed by atoms with E-state index in [1.54, 1.807) is 11.1 Å². The average Bonchev–Trinajstić information content (AvgIpc) is 2.72. The summed E-state index contributed by atoms with van der Waals surface area (Å²) in [6.45, 7) is 4.36. The molecule has 30 heavy (non-hydrogen) atoms. The summed E-state index contributed by atoms with van der Waals surface area (Å²) in [4.78, 5) is 21.2. The minimum absolute atomic E-state index is 0.0321. The number of amides is 1. The van der Waals surface area contributed by atoms with Crippen molar-refractivity contribution in [1.82, 2.24) is 14.8 Å². The van der Waals surface area contributed by atoms with Crippen molar-refractivity contribution in [2.24, 2.45) is 0 Å². The maximum absolute atomic E-state index is 14.0. The fourth-order valence-electron chi connectivity index (χ4n) is 4.32. The van der Waals surface area contributed by atoms with Crippen LogP contribution in [0.1, 0.15) is 36.8 Å². The number of hydrogen-bond acceptors (Lipinski definition) is 4. The van der Waals surface area contributed by atoms with Crippen molar-refractivity contribution >= 4 is 5.91 Å². The van der Waals surface area contributed by atoms with Crippen molar-refractivity contribution in [2.45, 2.75) is 51.3 Å². The maximum Gasteiger partial charge on any atom is 0.240 e. The van der Waals surface area contributed by atoms with Crippen LogP contribution in [0.5, 0.6) is 5.88 Å². The lowest BCUT2D eigenvalue weighted by Gasteiger charge is -2.41. The Kier molecular flexibility index (Phi) is 6.27. The van der Waals surface area contributed by atoms with E-state index in [9.17, 15) is 13.6 Å². The van der Waals surface area contributed by atoms with Crippen molar-refractivity contribution in [3.8, 4) is 5.88 Å². The van der Waals surface area contributed by atoms with E-state index in [0.717, 1.165) is 50.4 Å². The molecular formula is C23H27F2N3O2. The van der Waals surface area contributed by atoms with Crippen molar-refractivity contribution in [3.05, 3.63) is 59.3 Å². The number of aromatic nitrogens is 1. The number of carbonyl (C=O) groups excluding carboxylic acids is 1. The van der Waals surface area contributed by atoms with E-state index in [1.807, 2.05) is 19.1 Å². The zero-order chi connectivity index (χ0) is 21.1. The van der Waals surface area contributed by atoms with E-state index >= 15 is 0 Å². The minimum atomic E-state index is -0.606. The number of hydrogen-bond donors (Lipinski definition) is 0. The third-order valence-electron chi connectivity index (χ3n) is 5.97. The van der Waals surface area contributed by atoms with Crippen LogP contribution in [0.4, 0.5) is 8.78 Å². The van der Waals surface area contributed by atoms with E-state index in [-0.39, 0.29) is 24.6 Å². The molecule has 3 heterocycles. The number of rotatable bonds is 5. The lowest BCUT2D eigenvalue weighted by atomic mass is 9.98. The van der Waals surface area contributed by atoms with Gasteiger partial charge in [0.2, 0.25) is 11.8 Å². The summed E-state index contributed by atoms with van der Waals surface area (Å²) in [6.07, 6.45) is 5.21. The van der Waals surface area contributed by atoms with E-state index in [2.05, 4.69) is 9.88 Å². The number of pyridine rings is 1. The van der Waals surface area contributed by atoms with Crippen LogP contribution in [-0.4, -0.2) is 52.5 Å². The fraction of sp³-hybridized carbons (Fsp3) is 0.478. The van der Waals surface area contributed by atoms with E-state index in [1.165, 1.54) is 12.1 Å². The van der Waals surface area contributed by atoms with Gasteiger partial charge in [0.25, 0.3) is 0 Å². The first-order valence-electron chi connectivity index (χ1n) is 10.6. The fourth-order valence-corrected chi connectivity index (χ4v) is 4.32. The van der Waals surface area contributed by atoms with Crippen molar-refractivity contribution < 1.29 is 18.3 Å². The second kappa shape index (κ2) is 9.08. The van der Waals surface area contributed by atoms with Gasteiger partial charge in [0.1, 0.15) is 17.7 Å². The summed E-state index contributed by atoms with van der Waals surface area (Å²) < 4.78 is 33.2. The lowest BCUT2D eigenvalue weighted by Crippen LogP contribution is -2.54. The molecule has 0 N–H and O–H groups in total. The summed E-state index contributed by atoms with van der Waals surface area (Å²) in [7, 11) is 0. The summed E-state index contributed by atoms with van der Waals surface area (Å²) in [6, 6.07) is 7.22. The molecule has 1 unspecified atom stereocenters. The van der Waals surface area contributed by atoms with Gasteiger partial charge in [-0.15, -0.1) is 0 Å². The third-order valence-corrected chi connectivity index (χ3v) is 5.97. The molecule has 2 aliphatic rings. The highest BCUT2D eigenvalue weighted by atomic mass is 19.1. The average molecular weight is 415 g/mol. The third kappa shape index (κ3) is 4.78. The molecule has 7 heteroatoms. The molecule has 2 aromatic rings. The zero-order valence-electron chi connectivity index (χ0n) is 17.2. The molecule has 0 bridgehead atoms. The second-order valence-electron chi connectivity index (χ2n) is 8.18. The number of aryl methyl sites for hydroxylation is 1. The first-order valence-corrected chi connectivity index (χ1v) is 10.6. The van der Waals surface area contributed by atoms with Gasteiger partial charge in [-0.05, 0) is 50.3 Å². The van der Waals surface area contributed by atoms with Gasteiger partial charge in [0.05, 0.1) is 6.04 Å². The number of likely N-dealkylation sites (tertiary alicyclic amines) is 2. The Morgan fingerprint density at radius 2 is 1.90 bits per heavy atom. The Bertz CT molecular complexity index is 900. The molecule has 1 aromatic carbocycles. The van der Waals surface area contributed by atoms with Crippen LogP contribution in [0.15, 0.2) is 36.5 Å². The SMILES string of the molecule is Cc1ccnc(OC2CCN(C3CCCN(Cc4ccc(F)cc4F)C3=O)CC2)c1. The first kappa shape index (κ1) is 20.7. The van der Waals surface area contributed by atoms with Gasteiger partial charge in [-0.25, -0.2) is 13.8 Å². The number of benzene rings is 1. The quantitative estimate of drug-likeness (QED) is 0.747. The van der Waals surface area contributed by atoms with Gasteiger partial charge in [-0.3, -0.25) is 9.69 Å². The number of piperidine rings is 2. The zero-order valence-corrected chi connectivity index (χ0v) is 17.2. The van der Waals surface area contributed by atoms with Gasteiger partial charge in [-0.1, -0.05) is 6.07 Å². The molecule has 2 fully saturated rings. The first-order chi connectivity index (χ1) is 14.5. The number of carbonyl (C=O) groups is 1. The molecule has 0 radical (unpaired) electrons. The largest absolute Gasteiger partial charge is 0.474 e. The normalized spacial score (nSPS) is 21.1. The second-order valence-corrected chi connectivity index (χ2v) is 8.18. The van der Waals surface area contributed by atoms with E-state index in [0.29, 0.717) is 18.0 Å². The Morgan fingerprint density at radius 3 is 2.63 bits per heavy atom. The van der Waals surface area contributed by atoms with E-state index < -0.39 is 11.6 Å². The molecule has 1 amide bonds. The van der Waals surface area contributed by atoms with Crippen molar-refractivity contribution in [2.75, 3.05) is 19.6 Å². The molecule has 5 nitrogen and oxygen atoms in total.